The monoisotopic (exact) mass is 444 g/mol. The lowest BCUT2D eigenvalue weighted by Gasteiger charge is -2.23. The molecule has 156 valence electrons. The quantitative estimate of drug-likeness (QED) is 0.573. The van der Waals surface area contributed by atoms with Gasteiger partial charge in [-0.15, -0.1) is 24.8 Å². The molecule has 0 saturated carbocycles. The van der Waals surface area contributed by atoms with Gasteiger partial charge >= 0.3 is 0 Å². The van der Waals surface area contributed by atoms with Crippen LogP contribution in [0.25, 0.3) is 22.4 Å². The van der Waals surface area contributed by atoms with Crippen molar-refractivity contribution in [2.45, 2.75) is 12.5 Å². The predicted molar refractivity (Wildman–Crippen MR) is 112 cm³/mol. The van der Waals surface area contributed by atoms with Crippen LogP contribution in [0.2, 0.25) is 0 Å². The number of rotatable bonds is 4. The van der Waals surface area contributed by atoms with E-state index < -0.39 is 11.6 Å². The molecule has 1 aliphatic heterocycles. The molecule has 1 saturated heterocycles. The van der Waals surface area contributed by atoms with E-state index in [2.05, 4.69) is 20.6 Å². The van der Waals surface area contributed by atoms with Gasteiger partial charge in [0, 0.05) is 24.7 Å². The minimum Gasteiger partial charge on any atom is -0.378 e. The topological polar surface area (TPSA) is 79.0 Å². The highest BCUT2D eigenvalue weighted by Crippen LogP contribution is 2.25. The Morgan fingerprint density at radius 1 is 1.21 bits per heavy atom. The summed E-state index contributed by atoms with van der Waals surface area (Å²) in [4.78, 5) is 19.5. The van der Waals surface area contributed by atoms with Crippen LogP contribution in [0.15, 0.2) is 36.4 Å². The van der Waals surface area contributed by atoms with Gasteiger partial charge in [0.2, 0.25) is 5.91 Å². The van der Waals surface area contributed by atoms with Gasteiger partial charge < -0.3 is 20.4 Å². The van der Waals surface area contributed by atoms with Gasteiger partial charge in [0.25, 0.3) is 0 Å². The number of aromatic amines is 1. The summed E-state index contributed by atoms with van der Waals surface area (Å²) in [7, 11) is 0. The standard InChI is InChI=1S/C19H18F2N4O2.2ClH/c20-11-1-3-15(21)14(7-11)19-24-16-4-2-12(8-17(16)25-19)23-18(26)9-13-10-27-6-5-22-13;;/h1-4,7-8,13,22H,5-6,9-10H2,(H,23,26)(H,24,25);2*1H. The van der Waals surface area contributed by atoms with E-state index in [-0.39, 0.29) is 48.2 Å². The number of hydrogen-bond acceptors (Lipinski definition) is 4. The van der Waals surface area contributed by atoms with Crippen molar-refractivity contribution >= 4 is 47.4 Å². The summed E-state index contributed by atoms with van der Waals surface area (Å²) in [6.07, 6.45) is 0.306. The Kier molecular flexibility index (Phi) is 7.92. The highest BCUT2D eigenvalue weighted by molar-refractivity contribution is 5.93. The molecule has 1 unspecified atom stereocenters. The Bertz CT molecular complexity index is 993. The van der Waals surface area contributed by atoms with Crippen molar-refractivity contribution in [1.29, 1.82) is 0 Å². The molecule has 3 N–H and O–H groups in total. The van der Waals surface area contributed by atoms with Gasteiger partial charge in [-0.3, -0.25) is 4.79 Å². The molecule has 1 aliphatic rings. The third-order valence-corrected chi connectivity index (χ3v) is 4.38. The minimum absolute atomic E-state index is 0. The van der Waals surface area contributed by atoms with Crippen LogP contribution in [0.5, 0.6) is 0 Å². The largest absolute Gasteiger partial charge is 0.378 e. The number of fused-ring (bicyclic) bond motifs is 1. The second kappa shape index (κ2) is 9.98. The van der Waals surface area contributed by atoms with Crippen molar-refractivity contribution in [2.75, 3.05) is 25.1 Å². The van der Waals surface area contributed by atoms with E-state index in [0.29, 0.717) is 36.4 Å². The number of benzene rings is 2. The molecule has 0 bridgehead atoms. The third-order valence-electron chi connectivity index (χ3n) is 4.38. The molecule has 1 aromatic heterocycles. The van der Waals surface area contributed by atoms with Gasteiger partial charge in [-0.05, 0) is 36.4 Å². The van der Waals surface area contributed by atoms with Gasteiger partial charge in [-0.1, -0.05) is 0 Å². The molecule has 0 radical (unpaired) electrons. The van der Waals surface area contributed by atoms with E-state index in [1.165, 1.54) is 0 Å². The molecule has 1 atom stereocenters. The van der Waals surface area contributed by atoms with Crippen molar-refractivity contribution < 1.29 is 18.3 Å². The minimum atomic E-state index is -0.564. The molecule has 29 heavy (non-hydrogen) atoms. The van der Waals surface area contributed by atoms with Crippen molar-refractivity contribution in [1.82, 2.24) is 15.3 Å². The number of nitrogens with one attached hydrogen (secondary N) is 3. The molecule has 0 spiro atoms. The smallest absolute Gasteiger partial charge is 0.226 e. The fourth-order valence-electron chi connectivity index (χ4n) is 3.08. The van der Waals surface area contributed by atoms with Crippen molar-refractivity contribution in [3.63, 3.8) is 0 Å². The van der Waals surface area contributed by atoms with Crippen LogP contribution in [0.1, 0.15) is 6.42 Å². The number of carbonyl (C=O) groups excluding carboxylic acids is 1. The zero-order valence-corrected chi connectivity index (χ0v) is 16.8. The first-order valence-electron chi connectivity index (χ1n) is 8.64. The Hall–Kier alpha value is -2.26. The highest BCUT2D eigenvalue weighted by atomic mass is 35.5. The number of carbonyl (C=O) groups is 1. The van der Waals surface area contributed by atoms with Crippen LogP contribution in [0, 0.1) is 11.6 Å². The zero-order valence-electron chi connectivity index (χ0n) is 15.2. The number of nitrogens with zero attached hydrogens (tertiary/aromatic N) is 1. The first-order chi connectivity index (χ1) is 13.1. The molecule has 0 aliphatic carbocycles. The molecule has 1 fully saturated rings. The summed E-state index contributed by atoms with van der Waals surface area (Å²) in [5.41, 5.74) is 1.86. The van der Waals surface area contributed by atoms with Crippen LogP contribution >= 0.6 is 24.8 Å². The van der Waals surface area contributed by atoms with E-state index in [1.807, 2.05) is 0 Å². The number of morpholine rings is 1. The lowest BCUT2D eigenvalue weighted by atomic mass is 10.2. The van der Waals surface area contributed by atoms with E-state index in [0.717, 1.165) is 24.7 Å². The van der Waals surface area contributed by atoms with Gasteiger partial charge in [-0.2, -0.15) is 0 Å². The molecule has 2 heterocycles. The molecular formula is C19H20Cl2F2N4O2. The zero-order chi connectivity index (χ0) is 18.8. The average Bonchev–Trinajstić information content (AvgIpc) is 3.07. The number of H-pyrrole nitrogens is 1. The maximum absolute atomic E-state index is 14.0. The molecule has 6 nitrogen and oxygen atoms in total. The van der Waals surface area contributed by atoms with Gasteiger partial charge in [0.1, 0.15) is 17.5 Å². The molecule has 2 aromatic carbocycles. The molecule has 3 aromatic rings. The van der Waals surface area contributed by atoms with Crippen LogP contribution in [-0.4, -0.2) is 41.7 Å². The van der Waals surface area contributed by atoms with Gasteiger partial charge in [0.15, 0.2) is 0 Å². The van der Waals surface area contributed by atoms with Crippen molar-refractivity contribution in [2.24, 2.45) is 0 Å². The summed E-state index contributed by atoms with van der Waals surface area (Å²) in [6.45, 7) is 1.90. The lowest BCUT2D eigenvalue weighted by molar-refractivity contribution is -0.117. The third kappa shape index (κ3) is 5.42. The maximum Gasteiger partial charge on any atom is 0.226 e. The summed E-state index contributed by atoms with van der Waals surface area (Å²) in [6, 6.07) is 8.35. The second-order valence-corrected chi connectivity index (χ2v) is 6.42. The number of hydrogen-bond donors (Lipinski definition) is 3. The second-order valence-electron chi connectivity index (χ2n) is 6.42. The summed E-state index contributed by atoms with van der Waals surface area (Å²) in [5.74, 6) is -1.01. The maximum atomic E-state index is 14.0. The van der Waals surface area contributed by atoms with E-state index >= 15 is 0 Å². The van der Waals surface area contributed by atoms with E-state index in [9.17, 15) is 13.6 Å². The number of imidazole rings is 1. The molecule has 4 rings (SSSR count). The highest BCUT2D eigenvalue weighted by Gasteiger charge is 2.17. The molecular weight excluding hydrogens is 425 g/mol. The number of aromatic nitrogens is 2. The normalized spacial score (nSPS) is 16.0. The number of ether oxygens (including phenoxy) is 1. The first-order valence-corrected chi connectivity index (χ1v) is 8.64. The van der Waals surface area contributed by atoms with Gasteiger partial charge in [-0.25, -0.2) is 13.8 Å². The Morgan fingerprint density at radius 3 is 2.79 bits per heavy atom. The lowest BCUT2D eigenvalue weighted by Crippen LogP contribution is -2.43. The van der Waals surface area contributed by atoms with Crippen LogP contribution < -0.4 is 10.6 Å². The van der Waals surface area contributed by atoms with Crippen LogP contribution in [0.4, 0.5) is 14.5 Å². The average molecular weight is 445 g/mol. The van der Waals surface area contributed by atoms with Crippen LogP contribution in [0.3, 0.4) is 0 Å². The fourth-order valence-corrected chi connectivity index (χ4v) is 3.08. The summed E-state index contributed by atoms with van der Waals surface area (Å²) in [5, 5.41) is 6.06. The van der Waals surface area contributed by atoms with Gasteiger partial charge in [0.05, 0.1) is 29.8 Å². The number of amides is 1. The number of anilines is 1. The fraction of sp³-hybridized carbons (Fsp3) is 0.263. The summed E-state index contributed by atoms with van der Waals surface area (Å²) < 4.78 is 32.7. The Morgan fingerprint density at radius 2 is 2.03 bits per heavy atom. The SMILES string of the molecule is Cl.Cl.O=C(CC1COCCN1)Nc1ccc2nc(-c3cc(F)ccc3F)[nH]c2c1. The van der Waals surface area contributed by atoms with E-state index in [4.69, 9.17) is 4.74 Å². The van der Waals surface area contributed by atoms with Crippen molar-refractivity contribution in [3.05, 3.63) is 48.0 Å². The predicted octanol–water partition coefficient (Wildman–Crippen LogP) is 3.67. The van der Waals surface area contributed by atoms with Crippen LogP contribution in [-0.2, 0) is 9.53 Å². The molecule has 10 heteroatoms. The Balaban J connectivity index is 0.00000150. The summed E-state index contributed by atoms with van der Waals surface area (Å²) >= 11 is 0. The molecule has 1 amide bonds. The Labute approximate surface area is 178 Å². The number of halogens is 4. The first kappa shape index (κ1) is 23.0. The van der Waals surface area contributed by atoms with Crippen molar-refractivity contribution in [3.8, 4) is 11.4 Å². The van der Waals surface area contributed by atoms with E-state index in [1.54, 1.807) is 18.2 Å².